The maximum atomic E-state index is 5.54. The van der Waals surface area contributed by atoms with Crippen LogP contribution in [0.3, 0.4) is 0 Å². The summed E-state index contributed by atoms with van der Waals surface area (Å²) in [6.07, 6.45) is 1.79. The molecule has 0 spiro atoms. The van der Waals surface area contributed by atoms with Crippen molar-refractivity contribution in [2.24, 2.45) is 13.0 Å². The molecule has 0 radical (unpaired) electrons. The van der Waals surface area contributed by atoms with Crippen molar-refractivity contribution in [1.82, 2.24) is 9.55 Å². The van der Waals surface area contributed by atoms with Gasteiger partial charge in [-0.1, -0.05) is 13.8 Å². The first-order valence-corrected chi connectivity index (χ1v) is 5.03. The van der Waals surface area contributed by atoms with E-state index in [0.717, 1.165) is 12.4 Å². The molecule has 0 atom stereocenters. The van der Waals surface area contributed by atoms with Crippen LogP contribution in [0.25, 0.3) is 0 Å². The lowest BCUT2D eigenvalue weighted by Gasteiger charge is -2.09. The first-order chi connectivity index (χ1) is 6.65. The number of nitrogens with one attached hydrogen (secondary N) is 1. The third-order valence-electron chi connectivity index (χ3n) is 1.85. The molecule has 0 unspecified atom stereocenters. The summed E-state index contributed by atoms with van der Waals surface area (Å²) < 4.78 is 7.46. The average molecular weight is 197 g/mol. The molecule has 0 fully saturated rings. The largest absolute Gasteiger partial charge is 0.464 e. The molecule has 0 aliphatic heterocycles. The Morgan fingerprint density at radius 1 is 1.57 bits per heavy atom. The molecule has 1 N–H and O–H groups in total. The Kier molecular flexibility index (Phi) is 3.80. The molecule has 80 valence electrons. The van der Waals surface area contributed by atoms with E-state index >= 15 is 0 Å². The third-order valence-corrected chi connectivity index (χ3v) is 1.85. The van der Waals surface area contributed by atoms with Gasteiger partial charge in [0.2, 0.25) is 0 Å². The highest BCUT2D eigenvalue weighted by molar-refractivity contribution is 5.35. The van der Waals surface area contributed by atoms with Gasteiger partial charge in [0.05, 0.1) is 12.8 Å². The Bertz CT molecular complexity index is 281. The summed E-state index contributed by atoms with van der Waals surface area (Å²) in [6.45, 7) is 7.89. The van der Waals surface area contributed by atoms with Crippen LogP contribution in [0, 0.1) is 5.92 Å². The van der Waals surface area contributed by atoms with Gasteiger partial charge in [0, 0.05) is 13.6 Å². The minimum absolute atomic E-state index is 0.522. The number of hydrogen-bond acceptors (Lipinski definition) is 3. The third kappa shape index (κ3) is 2.65. The van der Waals surface area contributed by atoms with E-state index in [0.29, 0.717) is 18.5 Å². The zero-order valence-corrected chi connectivity index (χ0v) is 9.37. The van der Waals surface area contributed by atoms with E-state index in [-0.39, 0.29) is 0 Å². The van der Waals surface area contributed by atoms with Gasteiger partial charge in [0.1, 0.15) is 5.82 Å². The van der Waals surface area contributed by atoms with Crippen LogP contribution >= 0.6 is 0 Å². The molecule has 14 heavy (non-hydrogen) atoms. The molecule has 0 aromatic carbocycles. The average Bonchev–Trinajstić information content (AvgIpc) is 2.46. The van der Waals surface area contributed by atoms with E-state index in [4.69, 9.17) is 4.74 Å². The van der Waals surface area contributed by atoms with Gasteiger partial charge in [-0.25, -0.2) is 4.98 Å². The first kappa shape index (κ1) is 10.9. The maximum absolute atomic E-state index is 5.54. The lowest BCUT2D eigenvalue weighted by molar-refractivity contribution is 0.244. The van der Waals surface area contributed by atoms with Crippen molar-refractivity contribution >= 4 is 5.82 Å². The van der Waals surface area contributed by atoms with Crippen LogP contribution in [0.2, 0.25) is 0 Å². The minimum Gasteiger partial charge on any atom is -0.464 e. The van der Waals surface area contributed by atoms with E-state index in [1.807, 2.05) is 11.6 Å². The van der Waals surface area contributed by atoms with Crippen molar-refractivity contribution in [3.05, 3.63) is 6.20 Å². The molecular formula is C10H19N3O. The number of aromatic nitrogens is 2. The predicted octanol–water partition coefficient (Wildman–Crippen LogP) is 1.89. The molecular weight excluding hydrogens is 178 g/mol. The van der Waals surface area contributed by atoms with Crippen molar-refractivity contribution in [2.75, 3.05) is 18.5 Å². The van der Waals surface area contributed by atoms with Gasteiger partial charge >= 0.3 is 0 Å². The highest BCUT2D eigenvalue weighted by atomic mass is 16.5. The second-order valence-electron chi connectivity index (χ2n) is 3.72. The molecule has 0 bridgehead atoms. The lowest BCUT2D eigenvalue weighted by Crippen LogP contribution is -2.09. The smallest absolute Gasteiger partial charge is 0.297 e. The highest BCUT2D eigenvalue weighted by Crippen LogP contribution is 2.15. The van der Waals surface area contributed by atoms with Crippen molar-refractivity contribution in [3.63, 3.8) is 0 Å². The Hall–Kier alpha value is -1.19. The molecule has 4 heteroatoms. The van der Waals surface area contributed by atoms with Gasteiger partial charge in [-0.3, -0.25) is 4.57 Å². The Morgan fingerprint density at radius 3 is 2.86 bits per heavy atom. The van der Waals surface area contributed by atoms with Crippen molar-refractivity contribution < 1.29 is 4.74 Å². The molecule has 0 aliphatic carbocycles. The monoisotopic (exact) mass is 197 g/mol. The summed E-state index contributed by atoms with van der Waals surface area (Å²) in [6, 6.07) is 0.676. The topological polar surface area (TPSA) is 39.1 Å². The molecule has 1 aromatic rings. The Balaban J connectivity index is 2.60. The zero-order valence-electron chi connectivity index (χ0n) is 9.37. The molecule has 1 aromatic heterocycles. The van der Waals surface area contributed by atoms with Gasteiger partial charge in [0.25, 0.3) is 6.01 Å². The van der Waals surface area contributed by atoms with Crippen molar-refractivity contribution in [2.45, 2.75) is 20.8 Å². The fraction of sp³-hybridized carbons (Fsp3) is 0.700. The van der Waals surface area contributed by atoms with Crippen LogP contribution in [0.1, 0.15) is 20.8 Å². The number of rotatable bonds is 5. The minimum atomic E-state index is 0.522. The number of nitrogens with zero attached hydrogens (tertiary/aromatic N) is 2. The summed E-state index contributed by atoms with van der Waals surface area (Å²) in [5, 5.41) is 3.20. The summed E-state index contributed by atoms with van der Waals surface area (Å²) in [5.74, 6) is 1.51. The van der Waals surface area contributed by atoms with Gasteiger partial charge < -0.3 is 10.1 Å². The predicted molar refractivity (Wildman–Crippen MR) is 57.7 cm³/mol. The number of imidazole rings is 1. The summed E-state index contributed by atoms with van der Waals surface area (Å²) >= 11 is 0. The van der Waals surface area contributed by atoms with Crippen LogP contribution in [0.4, 0.5) is 5.82 Å². The van der Waals surface area contributed by atoms with Gasteiger partial charge in [-0.05, 0) is 12.8 Å². The van der Waals surface area contributed by atoms with Gasteiger partial charge in [-0.15, -0.1) is 0 Å². The maximum Gasteiger partial charge on any atom is 0.297 e. The number of hydrogen-bond donors (Lipinski definition) is 1. The first-order valence-electron chi connectivity index (χ1n) is 5.03. The molecule has 4 nitrogen and oxygen atoms in total. The summed E-state index contributed by atoms with van der Waals surface area (Å²) in [4.78, 5) is 4.18. The molecule has 0 aliphatic rings. The van der Waals surface area contributed by atoms with Crippen LogP contribution in [-0.4, -0.2) is 22.7 Å². The standard InChI is InChI=1S/C10H19N3O/c1-5-11-9-6-12-10(13(9)4)14-7-8(2)3/h6,8,11H,5,7H2,1-4H3. The van der Waals surface area contributed by atoms with E-state index in [1.54, 1.807) is 6.20 Å². The molecule has 1 rings (SSSR count). The summed E-state index contributed by atoms with van der Waals surface area (Å²) in [5.41, 5.74) is 0. The fourth-order valence-corrected chi connectivity index (χ4v) is 1.11. The highest BCUT2D eigenvalue weighted by Gasteiger charge is 2.06. The normalized spacial score (nSPS) is 10.6. The Labute approximate surface area is 85.3 Å². The molecule has 1 heterocycles. The van der Waals surface area contributed by atoms with E-state index < -0.39 is 0 Å². The molecule has 0 amide bonds. The molecule has 0 saturated carbocycles. The van der Waals surface area contributed by atoms with E-state index in [9.17, 15) is 0 Å². The van der Waals surface area contributed by atoms with Crippen LogP contribution in [0.5, 0.6) is 6.01 Å². The van der Waals surface area contributed by atoms with E-state index in [1.165, 1.54) is 0 Å². The van der Waals surface area contributed by atoms with Gasteiger partial charge in [0.15, 0.2) is 0 Å². The number of ether oxygens (including phenoxy) is 1. The van der Waals surface area contributed by atoms with E-state index in [2.05, 4.69) is 31.1 Å². The van der Waals surface area contributed by atoms with Crippen LogP contribution < -0.4 is 10.1 Å². The van der Waals surface area contributed by atoms with Crippen LogP contribution in [0.15, 0.2) is 6.20 Å². The van der Waals surface area contributed by atoms with Crippen molar-refractivity contribution in [1.29, 1.82) is 0 Å². The fourth-order valence-electron chi connectivity index (χ4n) is 1.11. The second kappa shape index (κ2) is 4.88. The zero-order chi connectivity index (χ0) is 10.6. The number of anilines is 1. The summed E-state index contributed by atoms with van der Waals surface area (Å²) in [7, 11) is 1.95. The second-order valence-corrected chi connectivity index (χ2v) is 3.72. The van der Waals surface area contributed by atoms with Crippen molar-refractivity contribution in [3.8, 4) is 6.01 Å². The van der Waals surface area contributed by atoms with Crippen LogP contribution in [-0.2, 0) is 7.05 Å². The lowest BCUT2D eigenvalue weighted by atomic mass is 10.2. The quantitative estimate of drug-likeness (QED) is 0.783. The van der Waals surface area contributed by atoms with Gasteiger partial charge in [-0.2, -0.15) is 0 Å². The SMILES string of the molecule is CCNc1cnc(OCC(C)C)n1C. The molecule has 0 saturated heterocycles. The Morgan fingerprint density at radius 2 is 2.29 bits per heavy atom.